The Balaban J connectivity index is 3.12. The number of Topliss-reactive ketones (excluding diaryl/α,β-unsaturated/α-hetero) is 1. The molecule has 0 aromatic heterocycles. The number of benzene rings is 1. The van der Waals surface area contributed by atoms with Crippen molar-refractivity contribution in [1.82, 2.24) is 10.2 Å². The number of nitrogens with one attached hydrogen (secondary N) is 1. The summed E-state index contributed by atoms with van der Waals surface area (Å²) in [7, 11) is 0. The maximum atomic E-state index is 13.7. The zero-order chi connectivity index (χ0) is 25.2. The quantitative estimate of drug-likeness (QED) is 0.260. The fraction of sp³-hybridized carbons (Fsp3) is 0.565. The minimum absolute atomic E-state index is 0.135. The SMILES string of the molecule is CCOC(=O)C[C@H](c1ccc(F)cc1Br)N(CCCNC(=O)OC(C)(C)C)C(=O)CC(C)=O. The van der Waals surface area contributed by atoms with E-state index in [1.807, 2.05) is 0 Å². The second-order valence-electron chi connectivity index (χ2n) is 8.44. The fourth-order valence-electron chi connectivity index (χ4n) is 3.06. The molecule has 184 valence electrons. The molecule has 0 spiro atoms. The van der Waals surface area contributed by atoms with Gasteiger partial charge in [-0.15, -0.1) is 0 Å². The lowest BCUT2D eigenvalue weighted by Crippen LogP contribution is -2.40. The van der Waals surface area contributed by atoms with Gasteiger partial charge in [-0.1, -0.05) is 22.0 Å². The number of rotatable bonds is 11. The number of alkyl carbamates (subject to hydrolysis) is 1. The van der Waals surface area contributed by atoms with Gasteiger partial charge in [-0.25, -0.2) is 9.18 Å². The van der Waals surface area contributed by atoms with Crippen molar-refractivity contribution in [2.45, 2.75) is 65.5 Å². The highest BCUT2D eigenvalue weighted by atomic mass is 79.9. The van der Waals surface area contributed by atoms with Gasteiger partial charge in [0.2, 0.25) is 5.91 Å². The van der Waals surface area contributed by atoms with Crippen LogP contribution in [0.4, 0.5) is 9.18 Å². The Kier molecular flexibility index (Phi) is 11.5. The van der Waals surface area contributed by atoms with Crippen LogP contribution in [0.25, 0.3) is 0 Å². The van der Waals surface area contributed by atoms with E-state index in [0.717, 1.165) is 0 Å². The first kappa shape index (κ1) is 28.5. The van der Waals surface area contributed by atoms with Crippen molar-refractivity contribution in [3.63, 3.8) is 0 Å². The average molecular weight is 531 g/mol. The number of esters is 1. The topological polar surface area (TPSA) is 102 Å². The van der Waals surface area contributed by atoms with E-state index in [0.29, 0.717) is 16.5 Å². The summed E-state index contributed by atoms with van der Waals surface area (Å²) in [6, 6.07) is 3.16. The predicted octanol–water partition coefficient (Wildman–Crippen LogP) is 4.31. The number of hydrogen-bond donors (Lipinski definition) is 1. The molecule has 8 nitrogen and oxygen atoms in total. The zero-order valence-electron chi connectivity index (χ0n) is 19.7. The first-order chi connectivity index (χ1) is 15.3. The average Bonchev–Trinajstić information content (AvgIpc) is 2.65. The second-order valence-corrected chi connectivity index (χ2v) is 9.29. The lowest BCUT2D eigenvalue weighted by molar-refractivity contribution is -0.146. The van der Waals surface area contributed by atoms with Crippen LogP contribution in [-0.4, -0.2) is 54.0 Å². The predicted molar refractivity (Wildman–Crippen MR) is 124 cm³/mol. The molecule has 1 atom stereocenters. The van der Waals surface area contributed by atoms with Gasteiger partial charge in [0.1, 0.15) is 17.2 Å². The standard InChI is InChI=1S/C23H32BrFN2O6/c1-6-32-21(30)14-19(17-9-8-16(25)13-18(17)24)27(20(29)12-15(2)28)11-7-10-26-22(31)33-23(3,4)5/h8-9,13,19H,6-7,10-12,14H2,1-5H3,(H,26,31)/t19-/m1/s1. The van der Waals surface area contributed by atoms with Crippen LogP contribution in [0.3, 0.4) is 0 Å². The molecule has 0 fully saturated rings. The number of hydrogen-bond acceptors (Lipinski definition) is 6. The third kappa shape index (κ3) is 10.8. The molecule has 0 aliphatic carbocycles. The third-order valence-corrected chi connectivity index (χ3v) is 5.01. The highest BCUT2D eigenvalue weighted by Crippen LogP contribution is 2.32. The van der Waals surface area contributed by atoms with Crippen molar-refractivity contribution in [2.24, 2.45) is 0 Å². The fourth-order valence-corrected chi connectivity index (χ4v) is 3.68. The Labute approximate surface area is 202 Å². The molecular formula is C23H32BrFN2O6. The molecule has 0 bridgehead atoms. The van der Waals surface area contributed by atoms with Gasteiger partial charge in [0.25, 0.3) is 0 Å². The minimum atomic E-state index is -0.799. The molecule has 0 aliphatic heterocycles. The smallest absolute Gasteiger partial charge is 0.407 e. The first-order valence-electron chi connectivity index (χ1n) is 10.7. The van der Waals surface area contributed by atoms with Crippen LogP contribution in [0.2, 0.25) is 0 Å². The zero-order valence-corrected chi connectivity index (χ0v) is 21.3. The molecule has 0 radical (unpaired) electrons. The van der Waals surface area contributed by atoms with E-state index in [9.17, 15) is 23.6 Å². The van der Waals surface area contributed by atoms with Crippen LogP contribution in [-0.2, 0) is 23.9 Å². The largest absolute Gasteiger partial charge is 0.466 e. The number of carbonyl (C=O) groups is 4. The van der Waals surface area contributed by atoms with Gasteiger partial charge >= 0.3 is 12.1 Å². The van der Waals surface area contributed by atoms with Crippen LogP contribution < -0.4 is 5.32 Å². The number of halogens is 2. The second kappa shape index (κ2) is 13.3. The van der Waals surface area contributed by atoms with Crippen molar-refractivity contribution < 1.29 is 33.0 Å². The van der Waals surface area contributed by atoms with E-state index in [-0.39, 0.29) is 38.3 Å². The Bertz CT molecular complexity index is 856. The Morgan fingerprint density at radius 2 is 1.88 bits per heavy atom. The number of nitrogens with zero attached hydrogens (tertiary/aromatic N) is 1. The molecule has 0 saturated carbocycles. The monoisotopic (exact) mass is 530 g/mol. The van der Waals surface area contributed by atoms with Crippen LogP contribution in [0.1, 0.15) is 65.5 Å². The summed E-state index contributed by atoms with van der Waals surface area (Å²) in [5, 5.41) is 2.62. The van der Waals surface area contributed by atoms with Crippen LogP contribution in [0.5, 0.6) is 0 Å². The lowest BCUT2D eigenvalue weighted by Gasteiger charge is -2.32. The first-order valence-corrected chi connectivity index (χ1v) is 11.5. The maximum absolute atomic E-state index is 13.7. The van der Waals surface area contributed by atoms with Crippen molar-refractivity contribution in [3.05, 3.63) is 34.1 Å². The van der Waals surface area contributed by atoms with E-state index >= 15 is 0 Å². The highest BCUT2D eigenvalue weighted by Gasteiger charge is 2.30. The summed E-state index contributed by atoms with van der Waals surface area (Å²) in [5.74, 6) is -1.83. The van der Waals surface area contributed by atoms with Crippen LogP contribution in [0.15, 0.2) is 22.7 Å². The van der Waals surface area contributed by atoms with E-state index in [2.05, 4.69) is 21.2 Å². The molecule has 33 heavy (non-hydrogen) atoms. The van der Waals surface area contributed by atoms with E-state index in [4.69, 9.17) is 9.47 Å². The van der Waals surface area contributed by atoms with Gasteiger partial charge in [-0.3, -0.25) is 14.4 Å². The molecule has 10 heteroatoms. The molecule has 0 aliphatic rings. The van der Waals surface area contributed by atoms with Crippen molar-refractivity contribution in [3.8, 4) is 0 Å². The molecule has 1 N–H and O–H groups in total. The molecule has 1 aromatic carbocycles. The van der Waals surface area contributed by atoms with Gasteiger partial charge in [-0.2, -0.15) is 0 Å². The number of ketones is 1. The van der Waals surface area contributed by atoms with Gasteiger partial charge in [-0.05, 0) is 58.7 Å². The van der Waals surface area contributed by atoms with Gasteiger partial charge in [0.05, 0.1) is 25.5 Å². The molecule has 1 aromatic rings. The number of carbonyl (C=O) groups excluding carboxylic acids is 4. The summed E-state index contributed by atoms with van der Waals surface area (Å²) in [6.07, 6.45) is -0.784. The maximum Gasteiger partial charge on any atom is 0.407 e. The molecule has 0 saturated heterocycles. The third-order valence-electron chi connectivity index (χ3n) is 4.33. The summed E-state index contributed by atoms with van der Waals surface area (Å²) in [4.78, 5) is 50.2. The van der Waals surface area contributed by atoms with Crippen LogP contribution in [0, 0.1) is 5.82 Å². The number of amides is 2. The van der Waals surface area contributed by atoms with E-state index in [1.165, 1.54) is 30.0 Å². The Morgan fingerprint density at radius 3 is 2.42 bits per heavy atom. The van der Waals surface area contributed by atoms with Crippen molar-refractivity contribution in [2.75, 3.05) is 19.7 Å². The molecule has 2 amide bonds. The highest BCUT2D eigenvalue weighted by molar-refractivity contribution is 9.10. The Hall–Kier alpha value is -2.49. The van der Waals surface area contributed by atoms with Crippen molar-refractivity contribution >= 4 is 39.7 Å². The number of ether oxygens (including phenoxy) is 2. The normalized spacial score (nSPS) is 12.0. The molecular weight excluding hydrogens is 499 g/mol. The van der Waals surface area contributed by atoms with Gasteiger partial charge in [0, 0.05) is 17.6 Å². The molecule has 0 unspecified atom stereocenters. The summed E-state index contributed by atoms with van der Waals surface area (Å²) in [6.45, 7) is 8.71. The van der Waals surface area contributed by atoms with Crippen molar-refractivity contribution in [1.29, 1.82) is 0 Å². The Morgan fingerprint density at radius 1 is 1.21 bits per heavy atom. The molecule has 1 rings (SSSR count). The van der Waals surface area contributed by atoms with E-state index < -0.39 is 35.4 Å². The lowest BCUT2D eigenvalue weighted by atomic mass is 10.0. The van der Waals surface area contributed by atoms with E-state index in [1.54, 1.807) is 27.7 Å². The summed E-state index contributed by atoms with van der Waals surface area (Å²) in [5.41, 5.74) is -0.144. The van der Waals surface area contributed by atoms with Crippen LogP contribution >= 0.6 is 15.9 Å². The van der Waals surface area contributed by atoms with Gasteiger partial charge < -0.3 is 19.7 Å². The van der Waals surface area contributed by atoms with Gasteiger partial charge in [0.15, 0.2) is 0 Å². The summed E-state index contributed by atoms with van der Waals surface area (Å²) < 4.78 is 24.3. The summed E-state index contributed by atoms with van der Waals surface area (Å²) >= 11 is 3.30. The minimum Gasteiger partial charge on any atom is -0.466 e. The molecule has 0 heterocycles.